The van der Waals surface area contributed by atoms with E-state index in [1.54, 1.807) is 11.3 Å². The van der Waals surface area contributed by atoms with Crippen LogP contribution < -0.4 is 10.6 Å². The van der Waals surface area contributed by atoms with Crippen LogP contribution in [-0.2, 0) is 6.42 Å². The topological polar surface area (TPSA) is 39.7 Å². The number of hydrogen-bond acceptors (Lipinski definition) is 3. The van der Waals surface area contributed by atoms with Gasteiger partial charge < -0.3 is 10.6 Å². The summed E-state index contributed by atoms with van der Waals surface area (Å²) in [5, 5.41) is 6.43. The van der Waals surface area contributed by atoms with E-state index in [1.807, 2.05) is 6.92 Å². The second-order valence-electron chi connectivity index (χ2n) is 5.88. The Labute approximate surface area is 146 Å². The molecule has 0 bridgehead atoms. The lowest BCUT2D eigenvalue weighted by Gasteiger charge is -2.19. The van der Waals surface area contributed by atoms with Gasteiger partial charge in [-0.3, -0.25) is 9.89 Å². The fraction of sp³-hybridized carbons (Fsp3) is 0.688. The number of nitrogens with one attached hydrogen (secondary N) is 2. The SMILES string of the molecule is CCNC(=NCCN(C)CC(F)(F)F)NC(C)Cc1ccc(C)s1. The maximum Gasteiger partial charge on any atom is 0.401 e. The molecular formula is C16H27F3N4S. The molecule has 1 heterocycles. The average Bonchev–Trinajstić information content (AvgIpc) is 2.82. The first-order valence-corrected chi connectivity index (χ1v) is 8.86. The molecule has 0 aliphatic heterocycles. The van der Waals surface area contributed by atoms with E-state index in [0.717, 1.165) is 6.42 Å². The van der Waals surface area contributed by atoms with Crippen LogP contribution in [0.5, 0.6) is 0 Å². The number of likely N-dealkylation sites (N-methyl/N-ethyl adjacent to an activating group) is 1. The van der Waals surface area contributed by atoms with Crippen molar-refractivity contribution in [2.24, 2.45) is 4.99 Å². The number of aryl methyl sites for hydroxylation is 1. The Balaban J connectivity index is 2.46. The number of rotatable bonds is 8. The fourth-order valence-corrected chi connectivity index (χ4v) is 3.24. The van der Waals surface area contributed by atoms with E-state index in [4.69, 9.17) is 0 Å². The quantitative estimate of drug-likeness (QED) is 0.550. The van der Waals surface area contributed by atoms with Crippen LogP contribution >= 0.6 is 11.3 Å². The molecule has 2 N–H and O–H groups in total. The lowest BCUT2D eigenvalue weighted by atomic mass is 10.2. The Morgan fingerprint density at radius 3 is 2.62 bits per heavy atom. The van der Waals surface area contributed by atoms with Crippen LogP contribution in [0.2, 0.25) is 0 Å². The van der Waals surface area contributed by atoms with Gasteiger partial charge >= 0.3 is 6.18 Å². The maximum absolute atomic E-state index is 12.3. The van der Waals surface area contributed by atoms with Gasteiger partial charge in [0.25, 0.3) is 0 Å². The van der Waals surface area contributed by atoms with Gasteiger partial charge in [-0.2, -0.15) is 13.2 Å². The van der Waals surface area contributed by atoms with Crippen molar-refractivity contribution in [3.8, 4) is 0 Å². The van der Waals surface area contributed by atoms with Crippen LogP contribution in [0.25, 0.3) is 0 Å². The molecule has 1 aromatic heterocycles. The van der Waals surface area contributed by atoms with Crippen molar-refractivity contribution in [2.45, 2.75) is 39.4 Å². The third kappa shape index (κ3) is 9.12. The molecule has 1 aromatic rings. The molecule has 0 amide bonds. The molecule has 0 aliphatic rings. The van der Waals surface area contributed by atoms with Crippen molar-refractivity contribution >= 4 is 17.3 Å². The Morgan fingerprint density at radius 1 is 1.38 bits per heavy atom. The summed E-state index contributed by atoms with van der Waals surface area (Å²) < 4.78 is 36.9. The van der Waals surface area contributed by atoms with Gasteiger partial charge in [0, 0.05) is 35.3 Å². The molecule has 0 spiro atoms. The van der Waals surface area contributed by atoms with E-state index in [9.17, 15) is 13.2 Å². The molecule has 0 fully saturated rings. The molecule has 8 heteroatoms. The van der Waals surface area contributed by atoms with E-state index >= 15 is 0 Å². The summed E-state index contributed by atoms with van der Waals surface area (Å²) in [7, 11) is 1.45. The van der Waals surface area contributed by atoms with E-state index in [0.29, 0.717) is 19.0 Å². The summed E-state index contributed by atoms with van der Waals surface area (Å²) >= 11 is 1.77. The minimum Gasteiger partial charge on any atom is -0.357 e. The van der Waals surface area contributed by atoms with Crippen molar-refractivity contribution in [3.05, 3.63) is 21.9 Å². The van der Waals surface area contributed by atoms with Gasteiger partial charge in [-0.25, -0.2) is 0 Å². The third-order valence-electron chi connectivity index (χ3n) is 3.23. The van der Waals surface area contributed by atoms with Gasteiger partial charge in [0.05, 0.1) is 13.1 Å². The van der Waals surface area contributed by atoms with Crippen molar-refractivity contribution in [2.75, 3.05) is 33.2 Å². The monoisotopic (exact) mass is 364 g/mol. The summed E-state index contributed by atoms with van der Waals surface area (Å²) in [6, 6.07) is 4.41. The van der Waals surface area contributed by atoms with Crippen molar-refractivity contribution < 1.29 is 13.2 Å². The summed E-state index contributed by atoms with van der Waals surface area (Å²) in [4.78, 5) is 8.17. The Kier molecular flexibility index (Phi) is 8.55. The van der Waals surface area contributed by atoms with Crippen LogP contribution in [-0.4, -0.2) is 56.3 Å². The van der Waals surface area contributed by atoms with Crippen molar-refractivity contribution in [1.29, 1.82) is 0 Å². The highest BCUT2D eigenvalue weighted by molar-refractivity contribution is 7.11. The summed E-state index contributed by atoms with van der Waals surface area (Å²) in [5.74, 6) is 0.638. The Hall–Kier alpha value is -1.28. The number of hydrogen-bond donors (Lipinski definition) is 2. The van der Waals surface area contributed by atoms with E-state index < -0.39 is 12.7 Å². The molecule has 1 rings (SSSR count). The maximum atomic E-state index is 12.3. The van der Waals surface area contributed by atoms with E-state index in [1.165, 1.54) is 21.7 Å². The highest BCUT2D eigenvalue weighted by Gasteiger charge is 2.28. The normalized spacial score (nSPS) is 14.1. The van der Waals surface area contributed by atoms with Gasteiger partial charge in [0.1, 0.15) is 0 Å². The van der Waals surface area contributed by atoms with Crippen LogP contribution in [0.15, 0.2) is 17.1 Å². The predicted molar refractivity (Wildman–Crippen MR) is 94.9 cm³/mol. The van der Waals surface area contributed by atoms with Crippen LogP contribution in [0.1, 0.15) is 23.6 Å². The molecule has 1 atom stereocenters. The van der Waals surface area contributed by atoms with E-state index in [2.05, 4.69) is 41.6 Å². The smallest absolute Gasteiger partial charge is 0.357 e. The standard InChI is InChI=1S/C16H27F3N4S/c1-5-20-15(21-8-9-23(4)11-16(17,18)19)22-12(2)10-14-7-6-13(3)24-14/h6-7,12H,5,8-11H2,1-4H3,(H2,20,21,22). The molecule has 0 saturated heterocycles. The zero-order valence-electron chi connectivity index (χ0n) is 14.7. The highest BCUT2D eigenvalue weighted by atomic mass is 32.1. The van der Waals surface area contributed by atoms with E-state index in [-0.39, 0.29) is 12.6 Å². The molecule has 1 unspecified atom stereocenters. The van der Waals surface area contributed by atoms with Gasteiger partial charge in [0.2, 0.25) is 0 Å². The Bertz CT molecular complexity index is 514. The zero-order valence-corrected chi connectivity index (χ0v) is 15.5. The lowest BCUT2D eigenvalue weighted by Crippen LogP contribution is -2.43. The van der Waals surface area contributed by atoms with Crippen LogP contribution in [0, 0.1) is 6.92 Å². The second kappa shape index (κ2) is 9.88. The fourth-order valence-electron chi connectivity index (χ4n) is 2.22. The lowest BCUT2D eigenvalue weighted by molar-refractivity contribution is -0.142. The molecule has 138 valence electrons. The Morgan fingerprint density at radius 2 is 2.08 bits per heavy atom. The molecule has 4 nitrogen and oxygen atoms in total. The van der Waals surface area contributed by atoms with Gasteiger partial charge in [0.15, 0.2) is 5.96 Å². The van der Waals surface area contributed by atoms with Crippen LogP contribution in [0.3, 0.4) is 0 Å². The number of nitrogens with zero attached hydrogens (tertiary/aromatic N) is 2. The number of aliphatic imine (C=N–C) groups is 1. The second-order valence-corrected chi connectivity index (χ2v) is 7.25. The predicted octanol–water partition coefficient (Wildman–Crippen LogP) is 3.04. The van der Waals surface area contributed by atoms with Crippen molar-refractivity contribution in [3.63, 3.8) is 0 Å². The first-order chi connectivity index (χ1) is 11.2. The largest absolute Gasteiger partial charge is 0.401 e. The van der Waals surface area contributed by atoms with Gasteiger partial charge in [-0.15, -0.1) is 11.3 Å². The minimum atomic E-state index is -4.17. The van der Waals surface area contributed by atoms with Gasteiger partial charge in [-0.05, 0) is 40.0 Å². The molecule has 24 heavy (non-hydrogen) atoms. The minimum absolute atomic E-state index is 0.189. The molecular weight excluding hydrogens is 337 g/mol. The molecule has 0 radical (unpaired) electrons. The van der Waals surface area contributed by atoms with Crippen molar-refractivity contribution in [1.82, 2.24) is 15.5 Å². The molecule has 0 aromatic carbocycles. The zero-order chi connectivity index (χ0) is 18.2. The molecule has 0 saturated carbocycles. The number of thiophene rings is 1. The highest BCUT2D eigenvalue weighted by Crippen LogP contribution is 2.17. The number of halogens is 3. The summed E-state index contributed by atoms with van der Waals surface area (Å²) in [5.41, 5.74) is 0. The summed E-state index contributed by atoms with van der Waals surface area (Å²) in [6.07, 6.45) is -3.29. The molecule has 0 aliphatic carbocycles. The number of guanidine groups is 1. The van der Waals surface area contributed by atoms with Gasteiger partial charge in [-0.1, -0.05) is 0 Å². The third-order valence-corrected chi connectivity index (χ3v) is 4.25. The first-order valence-electron chi connectivity index (χ1n) is 8.05. The van der Waals surface area contributed by atoms with Crippen LogP contribution in [0.4, 0.5) is 13.2 Å². The number of alkyl halides is 3. The average molecular weight is 364 g/mol. The first kappa shape index (κ1) is 20.8. The summed E-state index contributed by atoms with van der Waals surface area (Å²) in [6.45, 7) is 6.46.